The summed E-state index contributed by atoms with van der Waals surface area (Å²) in [6.45, 7) is 1.88. The molecule has 5 nitrogen and oxygen atoms in total. The number of benzene rings is 2. The van der Waals surface area contributed by atoms with Crippen molar-refractivity contribution in [1.82, 2.24) is 4.98 Å². The second-order valence-corrected chi connectivity index (χ2v) is 5.86. The lowest BCUT2D eigenvalue weighted by Gasteiger charge is -2.14. The van der Waals surface area contributed by atoms with Crippen molar-refractivity contribution >= 4 is 11.6 Å². The molecule has 0 aliphatic heterocycles. The number of pyridine rings is 1. The number of ether oxygens (including phenoxy) is 2. The molecule has 2 aromatic carbocycles. The van der Waals surface area contributed by atoms with Crippen molar-refractivity contribution in [3.63, 3.8) is 0 Å². The van der Waals surface area contributed by atoms with Crippen LogP contribution in [-0.2, 0) is 0 Å². The average molecular weight is 366 g/mol. The Morgan fingerprint density at radius 2 is 1.67 bits per heavy atom. The number of anilines is 1. The van der Waals surface area contributed by atoms with Crippen molar-refractivity contribution in [3.05, 3.63) is 71.7 Å². The number of hydrogen-bond donors (Lipinski definition) is 1. The van der Waals surface area contributed by atoms with Crippen molar-refractivity contribution in [1.29, 1.82) is 0 Å². The van der Waals surface area contributed by atoms with E-state index < -0.39 is 0 Å². The van der Waals surface area contributed by atoms with Crippen LogP contribution < -0.4 is 14.8 Å². The molecule has 1 aromatic heterocycles. The van der Waals surface area contributed by atoms with Gasteiger partial charge in [-0.3, -0.25) is 4.79 Å². The molecule has 0 radical (unpaired) electrons. The van der Waals surface area contributed by atoms with Crippen molar-refractivity contribution in [2.45, 2.75) is 6.92 Å². The largest absolute Gasteiger partial charge is 0.495 e. The van der Waals surface area contributed by atoms with E-state index in [1.807, 2.05) is 19.1 Å². The van der Waals surface area contributed by atoms with Gasteiger partial charge in [-0.1, -0.05) is 12.1 Å². The SMILES string of the molecule is COc1ccc(C(=O)Nc2c(C)cccc2OC)nc1-c1ccc(F)cc1. The minimum absolute atomic E-state index is 0.209. The molecule has 0 aliphatic carbocycles. The number of rotatable bonds is 5. The highest BCUT2D eigenvalue weighted by Gasteiger charge is 2.16. The number of aromatic nitrogens is 1. The second kappa shape index (κ2) is 7.86. The molecule has 0 fully saturated rings. The summed E-state index contributed by atoms with van der Waals surface area (Å²) in [6, 6.07) is 14.6. The number of methoxy groups -OCH3 is 2. The summed E-state index contributed by atoms with van der Waals surface area (Å²) in [5.74, 6) is 0.328. The fraction of sp³-hybridized carbons (Fsp3) is 0.143. The molecule has 0 saturated heterocycles. The third kappa shape index (κ3) is 3.89. The van der Waals surface area contributed by atoms with Crippen LogP contribution >= 0.6 is 0 Å². The lowest BCUT2D eigenvalue weighted by atomic mass is 10.1. The van der Waals surface area contributed by atoms with E-state index in [9.17, 15) is 9.18 Å². The number of nitrogens with one attached hydrogen (secondary N) is 1. The fourth-order valence-electron chi connectivity index (χ4n) is 2.70. The maximum absolute atomic E-state index is 13.2. The summed E-state index contributed by atoms with van der Waals surface area (Å²) in [5, 5.41) is 2.84. The van der Waals surface area contributed by atoms with E-state index in [4.69, 9.17) is 9.47 Å². The molecule has 3 aromatic rings. The Balaban J connectivity index is 1.97. The highest BCUT2D eigenvalue weighted by Crippen LogP contribution is 2.30. The molecule has 27 heavy (non-hydrogen) atoms. The Morgan fingerprint density at radius 1 is 0.963 bits per heavy atom. The van der Waals surface area contributed by atoms with Crippen LogP contribution in [0.1, 0.15) is 16.1 Å². The van der Waals surface area contributed by atoms with Gasteiger partial charge in [0.1, 0.15) is 28.7 Å². The quantitative estimate of drug-likeness (QED) is 0.724. The first-order valence-electron chi connectivity index (χ1n) is 8.29. The van der Waals surface area contributed by atoms with Gasteiger partial charge in [-0.05, 0) is 55.0 Å². The monoisotopic (exact) mass is 366 g/mol. The molecule has 0 unspecified atom stereocenters. The summed E-state index contributed by atoms with van der Waals surface area (Å²) in [5.41, 5.74) is 2.78. The van der Waals surface area contributed by atoms with Gasteiger partial charge in [0.05, 0.1) is 19.9 Å². The number of para-hydroxylation sites is 1. The Morgan fingerprint density at radius 3 is 2.33 bits per heavy atom. The minimum atomic E-state index is -0.381. The van der Waals surface area contributed by atoms with Crippen LogP contribution in [0.4, 0.5) is 10.1 Å². The van der Waals surface area contributed by atoms with Crippen LogP contribution in [0.15, 0.2) is 54.6 Å². The number of nitrogens with zero attached hydrogens (tertiary/aromatic N) is 1. The second-order valence-electron chi connectivity index (χ2n) is 5.86. The standard InChI is InChI=1S/C21H19FN2O3/c1-13-5-4-6-17(26-2)19(13)24-21(25)16-11-12-18(27-3)20(23-16)14-7-9-15(22)10-8-14/h4-12H,1-3H3,(H,24,25). The number of aryl methyl sites for hydroxylation is 1. The predicted molar refractivity (Wildman–Crippen MR) is 102 cm³/mol. The van der Waals surface area contributed by atoms with Crippen LogP contribution in [0.5, 0.6) is 11.5 Å². The van der Waals surface area contributed by atoms with E-state index in [1.165, 1.54) is 19.2 Å². The lowest BCUT2D eigenvalue weighted by Crippen LogP contribution is -2.15. The van der Waals surface area contributed by atoms with Gasteiger partial charge in [-0.2, -0.15) is 0 Å². The third-order valence-electron chi connectivity index (χ3n) is 4.12. The summed E-state index contributed by atoms with van der Waals surface area (Å²) >= 11 is 0. The normalized spacial score (nSPS) is 10.4. The first kappa shape index (κ1) is 18.4. The van der Waals surface area contributed by atoms with Crippen LogP contribution in [0.3, 0.4) is 0 Å². The van der Waals surface area contributed by atoms with Gasteiger partial charge in [0.15, 0.2) is 0 Å². The molecule has 0 spiro atoms. The third-order valence-corrected chi connectivity index (χ3v) is 4.12. The van der Waals surface area contributed by atoms with Crippen LogP contribution in [0, 0.1) is 12.7 Å². The molecule has 6 heteroatoms. The zero-order chi connectivity index (χ0) is 19.4. The van der Waals surface area contributed by atoms with E-state index in [0.29, 0.717) is 28.4 Å². The average Bonchev–Trinajstić information content (AvgIpc) is 2.69. The molecule has 138 valence electrons. The van der Waals surface area contributed by atoms with Gasteiger partial charge in [0.25, 0.3) is 5.91 Å². The Bertz CT molecular complexity index is 972. The Kier molecular flexibility index (Phi) is 5.35. The zero-order valence-corrected chi connectivity index (χ0v) is 15.2. The van der Waals surface area contributed by atoms with Crippen molar-refractivity contribution in [3.8, 4) is 22.8 Å². The molecular weight excluding hydrogens is 347 g/mol. The summed E-state index contributed by atoms with van der Waals surface area (Å²) in [7, 11) is 3.06. The fourth-order valence-corrected chi connectivity index (χ4v) is 2.70. The number of carbonyl (C=O) groups excluding carboxylic acids is 1. The maximum atomic E-state index is 13.2. The molecule has 0 aliphatic rings. The molecule has 1 N–H and O–H groups in total. The van der Waals surface area contributed by atoms with E-state index in [1.54, 1.807) is 37.4 Å². The molecule has 0 bridgehead atoms. The summed E-state index contributed by atoms with van der Waals surface area (Å²) in [4.78, 5) is 17.2. The molecular formula is C21H19FN2O3. The van der Waals surface area contributed by atoms with Crippen molar-refractivity contribution < 1.29 is 18.7 Å². The summed E-state index contributed by atoms with van der Waals surface area (Å²) < 4.78 is 23.9. The minimum Gasteiger partial charge on any atom is -0.495 e. The smallest absolute Gasteiger partial charge is 0.274 e. The highest BCUT2D eigenvalue weighted by atomic mass is 19.1. The van der Waals surface area contributed by atoms with E-state index >= 15 is 0 Å². The zero-order valence-electron chi connectivity index (χ0n) is 15.2. The highest BCUT2D eigenvalue weighted by molar-refractivity contribution is 6.04. The van der Waals surface area contributed by atoms with Gasteiger partial charge in [0.2, 0.25) is 0 Å². The van der Waals surface area contributed by atoms with Gasteiger partial charge < -0.3 is 14.8 Å². The Labute approximate surface area is 156 Å². The lowest BCUT2D eigenvalue weighted by molar-refractivity contribution is 0.102. The van der Waals surface area contributed by atoms with Gasteiger partial charge in [-0.15, -0.1) is 0 Å². The topological polar surface area (TPSA) is 60.5 Å². The summed E-state index contributed by atoms with van der Waals surface area (Å²) in [6.07, 6.45) is 0. The number of amides is 1. The maximum Gasteiger partial charge on any atom is 0.274 e. The first-order valence-corrected chi connectivity index (χ1v) is 8.29. The van der Waals surface area contributed by atoms with E-state index in [-0.39, 0.29) is 17.4 Å². The number of halogens is 1. The number of hydrogen-bond acceptors (Lipinski definition) is 4. The van der Waals surface area contributed by atoms with E-state index in [2.05, 4.69) is 10.3 Å². The molecule has 3 rings (SSSR count). The van der Waals surface area contributed by atoms with Gasteiger partial charge in [0, 0.05) is 5.56 Å². The van der Waals surface area contributed by atoms with Gasteiger partial charge in [-0.25, -0.2) is 9.37 Å². The predicted octanol–water partition coefficient (Wildman–Crippen LogP) is 4.47. The van der Waals surface area contributed by atoms with E-state index in [0.717, 1.165) is 5.56 Å². The van der Waals surface area contributed by atoms with Crippen LogP contribution in [0.25, 0.3) is 11.3 Å². The van der Waals surface area contributed by atoms with Gasteiger partial charge >= 0.3 is 0 Å². The first-order chi connectivity index (χ1) is 13.0. The number of carbonyl (C=O) groups is 1. The molecule has 1 heterocycles. The van der Waals surface area contributed by atoms with Crippen molar-refractivity contribution in [2.75, 3.05) is 19.5 Å². The molecule has 0 atom stereocenters. The van der Waals surface area contributed by atoms with Crippen molar-refractivity contribution in [2.24, 2.45) is 0 Å². The Hall–Kier alpha value is -3.41. The van der Waals surface area contributed by atoms with Crippen LogP contribution in [-0.4, -0.2) is 25.1 Å². The van der Waals surface area contributed by atoms with Crippen LogP contribution in [0.2, 0.25) is 0 Å². The molecule has 1 amide bonds. The molecule has 0 saturated carbocycles.